The van der Waals surface area contributed by atoms with Crippen LogP contribution in [0.5, 0.6) is 0 Å². The van der Waals surface area contributed by atoms with Crippen LogP contribution in [0.15, 0.2) is 30.3 Å². The Hall–Kier alpha value is -0.540. The third-order valence-electron chi connectivity index (χ3n) is 1.76. The minimum absolute atomic E-state index is 0. The van der Waals surface area contributed by atoms with Crippen LogP contribution in [0, 0.1) is 0 Å². The van der Waals surface area contributed by atoms with E-state index in [4.69, 9.17) is 0 Å². The van der Waals surface area contributed by atoms with Gasteiger partial charge in [-0.15, -0.1) is 0 Å². The van der Waals surface area contributed by atoms with Gasteiger partial charge >= 0.3 is 40.8 Å². The second kappa shape index (κ2) is 6.58. The number of alkyl halides is 2. The van der Waals surface area contributed by atoms with Crippen molar-refractivity contribution in [3.63, 3.8) is 0 Å². The molecule has 0 amide bonds. The minimum Gasteiger partial charge on any atom is -0.743 e. The zero-order valence-electron chi connectivity index (χ0n) is 9.30. The van der Waals surface area contributed by atoms with E-state index in [1.165, 1.54) is 12.1 Å². The van der Waals surface area contributed by atoms with Crippen molar-refractivity contribution in [1.29, 1.82) is 0 Å². The molecule has 0 heterocycles. The van der Waals surface area contributed by atoms with Crippen molar-refractivity contribution in [3.8, 4) is 0 Å². The number of esters is 1. The topological polar surface area (TPSA) is 83.5 Å². The molecule has 0 aliphatic heterocycles. The summed E-state index contributed by atoms with van der Waals surface area (Å²) in [6, 6.07) is 7.77. The van der Waals surface area contributed by atoms with E-state index in [0.717, 1.165) is 0 Å². The number of hydrogen-bond acceptors (Lipinski definition) is 5. The molecule has 0 saturated carbocycles. The normalized spacial score (nSPS) is 11.5. The van der Waals surface area contributed by atoms with E-state index in [1.54, 1.807) is 18.2 Å². The molecule has 0 aliphatic carbocycles. The van der Waals surface area contributed by atoms with Crippen LogP contribution in [0.1, 0.15) is 5.56 Å². The molecule has 94 valence electrons. The van der Waals surface area contributed by atoms with Gasteiger partial charge in [0.2, 0.25) is 0 Å². The molecule has 0 fully saturated rings. The fourth-order valence-corrected chi connectivity index (χ4v) is 1.17. The Morgan fingerprint density at radius 1 is 1.28 bits per heavy atom. The SMILES string of the molecule is O=C(OCc1ccccc1)C(F)(F)S(=O)(=O)[O-].[Na+]. The number of benzene rings is 1. The van der Waals surface area contributed by atoms with Crippen molar-refractivity contribution in [2.75, 3.05) is 0 Å². The zero-order chi connectivity index (χ0) is 13.1. The number of hydrogen-bond donors (Lipinski definition) is 0. The van der Waals surface area contributed by atoms with Gasteiger partial charge in [0, 0.05) is 0 Å². The summed E-state index contributed by atoms with van der Waals surface area (Å²) in [4.78, 5) is 10.7. The molecule has 0 spiro atoms. The van der Waals surface area contributed by atoms with E-state index in [-0.39, 0.29) is 29.6 Å². The summed E-state index contributed by atoms with van der Waals surface area (Å²) >= 11 is 0. The van der Waals surface area contributed by atoms with Gasteiger partial charge in [-0.25, -0.2) is 13.2 Å². The Labute approximate surface area is 124 Å². The molecule has 1 rings (SSSR count). The number of rotatable bonds is 4. The molecule has 0 unspecified atom stereocenters. The molecule has 0 aromatic heterocycles. The molecule has 0 N–H and O–H groups in total. The summed E-state index contributed by atoms with van der Waals surface area (Å²) in [7, 11) is -6.06. The van der Waals surface area contributed by atoms with E-state index in [2.05, 4.69) is 4.74 Å². The van der Waals surface area contributed by atoms with Crippen molar-refractivity contribution >= 4 is 16.1 Å². The first-order valence-corrected chi connectivity index (χ1v) is 5.70. The predicted octanol–water partition coefficient (Wildman–Crippen LogP) is -2.13. The quantitative estimate of drug-likeness (QED) is 0.359. The summed E-state index contributed by atoms with van der Waals surface area (Å²) in [5.74, 6) is -2.38. The summed E-state index contributed by atoms with van der Waals surface area (Å²) in [5, 5.41) is -5.07. The Bertz CT molecular complexity index is 503. The maximum atomic E-state index is 12.7. The molecule has 1 aromatic rings. The molecule has 0 aliphatic rings. The first-order chi connectivity index (χ1) is 7.75. The predicted molar refractivity (Wildman–Crippen MR) is 50.9 cm³/mol. The molecule has 1 aromatic carbocycles. The maximum absolute atomic E-state index is 12.7. The maximum Gasteiger partial charge on any atom is 1.00 e. The van der Waals surface area contributed by atoms with E-state index in [0.29, 0.717) is 5.56 Å². The van der Waals surface area contributed by atoms with Crippen LogP contribution in [-0.2, 0) is 26.3 Å². The van der Waals surface area contributed by atoms with Crippen molar-refractivity contribution < 1.29 is 60.8 Å². The number of carbonyl (C=O) groups is 1. The van der Waals surface area contributed by atoms with Crippen LogP contribution in [0.2, 0.25) is 0 Å². The molecule has 0 saturated heterocycles. The van der Waals surface area contributed by atoms with E-state index < -0.39 is 27.9 Å². The Kier molecular flexibility index (Phi) is 6.38. The van der Waals surface area contributed by atoms with Gasteiger partial charge in [0.15, 0.2) is 10.1 Å². The second-order valence-corrected chi connectivity index (χ2v) is 4.45. The molecule has 0 radical (unpaired) electrons. The number of carbonyl (C=O) groups excluding carboxylic acids is 1. The summed E-state index contributed by atoms with van der Waals surface area (Å²) in [6.07, 6.45) is 0. The van der Waals surface area contributed by atoms with Gasteiger partial charge in [-0.05, 0) is 5.56 Å². The monoisotopic (exact) mass is 288 g/mol. The number of halogens is 2. The van der Waals surface area contributed by atoms with Gasteiger partial charge < -0.3 is 9.29 Å². The average molecular weight is 288 g/mol. The van der Waals surface area contributed by atoms with Crippen LogP contribution < -0.4 is 29.6 Å². The van der Waals surface area contributed by atoms with Gasteiger partial charge in [0.25, 0.3) is 0 Å². The molecular weight excluding hydrogens is 281 g/mol. The van der Waals surface area contributed by atoms with Crippen LogP contribution in [-0.4, -0.2) is 24.2 Å². The Balaban J connectivity index is 0.00000289. The van der Waals surface area contributed by atoms with Crippen LogP contribution in [0.3, 0.4) is 0 Å². The Morgan fingerprint density at radius 3 is 2.22 bits per heavy atom. The fraction of sp³-hybridized carbons (Fsp3) is 0.222. The van der Waals surface area contributed by atoms with Gasteiger partial charge in [-0.3, -0.25) is 0 Å². The van der Waals surface area contributed by atoms with Crippen molar-refractivity contribution in [2.24, 2.45) is 0 Å². The smallest absolute Gasteiger partial charge is 0.743 e. The molecule has 0 atom stereocenters. The van der Waals surface area contributed by atoms with E-state index in [9.17, 15) is 26.5 Å². The summed E-state index contributed by atoms with van der Waals surface area (Å²) in [6.45, 7) is -0.537. The fourth-order valence-electron chi connectivity index (χ4n) is 0.909. The Morgan fingerprint density at radius 2 is 1.78 bits per heavy atom. The number of ether oxygens (including phenoxy) is 1. The summed E-state index contributed by atoms with van der Waals surface area (Å²) in [5.41, 5.74) is 0.389. The van der Waals surface area contributed by atoms with Crippen LogP contribution >= 0.6 is 0 Å². The largest absolute Gasteiger partial charge is 1.00 e. The molecule has 18 heavy (non-hydrogen) atoms. The van der Waals surface area contributed by atoms with Crippen LogP contribution in [0.25, 0.3) is 0 Å². The van der Waals surface area contributed by atoms with E-state index in [1.807, 2.05) is 0 Å². The third-order valence-corrected chi connectivity index (χ3v) is 2.56. The molecule has 5 nitrogen and oxygen atoms in total. The standard InChI is InChI=1S/C9H8F2O5S.Na/c10-9(11,17(13,14)15)8(12)16-6-7-4-2-1-3-5-7;/h1-5H,6H2,(H,13,14,15);/q;+1/p-1. The molecular formula is C9H7F2NaO5S. The zero-order valence-corrected chi connectivity index (χ0v) is 12.1. The molecule has 9 heteroatoms. The van der Waals surface area contributed by atoms with Crippen molar-refractivity contribution in [2.45, 2.75) is 11.9 Å². The third kappa shape index (κ3) is 4.29. The molecule has 0 bridgehead atoms. The minimum atomic E-state index is -6.06. The van der Waals surface area contributed by atoms with Crippen LogP contribution in [0.4, 0.5) is 8.78 Å². The average Bonchev–Trinajstić information content (AvgIpc) is 2.25. The van der Waals surface area contributed by atoms with Crippen molar-refractivity contribution in [1.82, 2.24) is 0 Å². The summed E-state index contributed by atoms with van der Waals surface area (Å²) < 4.78 is 59.7. The van der Waals surface area contributed by atoms with Gasteiger partial charge in [-0.2, -0.15) is 8.78 Å². The van der Waals surface area contributed by atoms with Gasteiger partial charge in [0.1, 0.15) is 6.61 Å². The van der Waals surface area contributed by atoms with Gasteiger partial charge in [0.05, 0.1) is 0 Å². The first kappa shape index (κ1) is 17.5. The first-order valence-electron chi connectivity index (χ1n) is 4.29. The van der Waals surface area contributed by atoms with Crippen molar-refractivity contribution in [3.05, 3.63) is 35.9 Å². The second-order valence-electron chi connectivity index (χ2n) is 3.03. The van der Waals surface area contributed by atoms with E-state index >= 15 is 0 Å². The van der Waals surface area contributed by atoms with Gasteiger partial charge in [-0.1, -0.05) is 30.3 Å².